The summed E-state index contributed by atoms with van der Waals surface area (Å²) < 4.78 is 5.56. The number of furan rings is 1. The number of carbonyl (C=O) groups is 1. The van der Waals surface area contributed by atoms with E-state index >= 15 is 0 Å². The fourth-order valence-corrected chi connectivity index (χ4v) is 3.56. The highest BCUT2D eigenvalue weighted by Crippen LogP contribution is 2.24. The summed E-state index contributed by atoms with van der Waals surface area (Å²) >= 11 is 1.84. The van der Waals surface area contributed by atoms with Gasteiger partial charge in [-0.25, -0.2) is 0 Å². The first-order valence-corrected chi connectivity index (χ1v) is 8.39. The summed E-state index contributed by atoms with van der Waals surface area (Å²) in [6.07, 6.45) is 0.816. The van der Waals surface area contributed by atoms with Crippen molar-refractivity contribution in [3.63, 3.8) is 0 Å². The molecule has 1 fully saturated rings. The van der Waals surface area contributed by atoms with Gasteiger partial charge in [-0.1, -0.05) is 25.6 Å². The van der Waals surface area contributed by atoms with Crippen LogP contribution in [-0.4, -0.2) is 58.8 Å². The lowest BCUT2D eigenvalue weighted by molar-refractivity contribution is 0.0660. The number of amides is 1. The predicted molar refractivity (Wildman–Crippen MR) is 84.9 cm³/mol. The first-order valence-electron chi connectivity index (χ1n) is 7.51. The van der Waals surface area contributed by atoms with Crippen LogP contribution in [-0.2, 0) is 6.42 Å². The topological polar surface area (TPSA) is 49.1 Å². The number of nitrogens with zero attached hydrogens (tertiary/aromatic N) is 3. The maximum atomic E-state index is 12.4. The van der Waals surface area contributed by atoms with Gasteiger partial charge in [0, 0.05) is 37.8 Å². The van der Waals surface area contributed by atoms with Crippen LogP contribution in [0.15, 0.2) is 21.5 Å². The molecular weight excluding hydrogens is 286 g/mol. The zero-order valence-electron chi connectivity index (χ0n) is 12.5. The zero-order chi connectivity index (χ0) is 14.8. The number of thioether (sulfide) groups is 1. The number of aliphatic imine (C=N–C) groups is 1. The number of piperazine rings is 1. The second-order valence-electron chi connectivity index (χ2n) is 5.45. The molecule has 0 radical (unpaired) electrons. The molecule has 1 aromatic rings. The van der Waals surface area contributed by atoms with E-state index in [1.54, 1.807) is 6.07 Å². The quantitative estimate of drug-likeness (QED) is 0.839. The fraction of sp³-hybridized carbons (Fsp3) is 0.600. The molecule has 0 aliphatic carbocycles. The van der Waals surface area contributed by atoms with Crippen molar-refractivity contribution >= 4 is 22.8 Å². The monoisotopic (exact) mass is 307 g/mol. The van der Waals surface area contributed by atoms with Crippen molar-refractivity contribution in [3.05, 3.63) is 23.7 Å². The molecule has 0 unspecified atom stereocenters. The van der Waals surface area contributed by atoms with E-state index in [1.807, 2.05) is 29.7 Å². The van der Waals surface area contributed by atoms with Gasteiger partial charge in [0.25, 0.3) is 5.91 Å². The molecule has 0 aromatic carbocycles. The molecule has 0 N–H and O–H groups in total. The standard InChI is InChI=1S/C15H21N3O2S/c1-3-12-4-5-13(20-12)14(19)17-6-8-18(9-7-17)15-16-10-11(2)21-15/h4-5,11H,3,6-10H2,1-2H3/t11-/m1/s1. The summed E-state index contributed by atoms with van der Waals surface area (Å²) in [4.78, 5) is 21.1. The maximum Gasteiger partial charge on any atom is 0.289 e. The van der Waals surface area contributed by atoms with E-state index in [2.05, 4.69) is 16.8 Å². The Hall–Kier alpha value is -1.43. The Labute approximate surface area is 129 Å². The lowest BCUT2D eigenvalue weighted by Crippen LogP contribution is -2.49. The molecule has 5 nitrogen and oxygen atoms in total. The summed E-state index contributed by atoms with van der Waals surface area (Å²) in [5, 5.41) is 1.72. The van der Waals surface area contributed by atoms with Crippen molar-refractivity contribution < 1.29 is 9.21 Å². The minimum absolute atomic E-state index is 0.00346. The number of aryl methyl sites for hydroxylation is 1. The zero-order valence-corrected chi connectivity index (χ0v) is 13.4. The van der Waals surface area contributed by atoms with E-state index in [9.17, 15) is 4.79 Å². The predicted octanol–water partition coefficient (Wildman–Crippen LogP) is 2.09. The molecule has 3 rings (SSSR count). The number of amidine groups is 1. The third-order valence-electron chi connectivity index (χ3n) is 3.85. The van der Waals surface area contributed by atoms with Gasteiger partial charge in [0.05, 0.1) is 6.54 Å². The van der Waals surface area contributed by atoms with Gasteiger partial charge in [0.1, 0.15) is 5.76 Å². The Morgan fingerprint density at radius 1 is 1.38 bits per heavy atom. The summed E-state index contributed by atoms with van der Waals surface area (Å²) in [7, 11) is 0. The van der Waals surface area contributed by atoms with Crippen LogP contribution < -0.4 is 0 Å². The van der Waals surface area contributed by atoms with Crippen LogP contribution >= 0.6 is 11.8 Å². The van der Waals surface area contributed by atoms with Gasteiger partial charge in [-0.15, -0.1) is 0 Å². The highest BCUT2D eigenvalue weighted by Gasteiger charge is 2.28. The number of hydrogen-bond acceptors (Lipinski definition) is 5. The molecule has 21 heavy (non-hydrogen) atoms. The second-order valence-corrected chi connectivity index (χ2v) is 6.86. The summed E-state index contributed by atoms with van der Waals surface area (Å²) in [6.45, 7) is 8.29. The molecule has 6 heteroatoms. The number of hydrogen-bond donors (Lipinski definition) is 0. The average Bonchev–Trinajstić information content (AvgIpc) is 3.15. The van der Waals surface area contributed by atoms with E-state index in [4.69, 9.17) is 4.42 Å². The van der Waals surface area contributed by atoms with Crippen LogP contribution in [0.25, 0.3) is 0 Å². The Balaban J connectivity index is 1.57. The van der Waals surface area contributed by atoms with Crippen LogP contribution in [0.2, 0.25) is 0 Å². The van der Waals surface area contributed by atoms with E-state index in [0.717, 1.165) is 50.1 Å². The van der Waals surface area contributed by atoms with Gasteiger partial charge in [0.15, 0.2) is 10.9 Å². The highest BCUT2D eigenvalue weighted by atomic mass is 32.2. The molecule has 2 aliphatic heterocycles. The van der Waals surface area contributed by atoms with Crippen molar-refractivity contribution in [2.24, 2.45) is 4.99 Å². The van der Waals surface area contributed by atoms with Crippen LogP contribution in [0.4, 0.5) is 0 Å². The Bertz CT molecular complexity index is 547. The molecule has 0 bridgehead atoms. The van der Waals surface area contributed by atoms with Gasteiger partial charge >= 0.3 is 0 Å². The third kappa shape index (κ3) is 3.10. The molecule has 2 aliphatic rings. The van der Waals surface area contributed by atoms with Gasteiger partial charge in [-0.2, -0.15) is 0 Å². The van der Waals surface area contributed by atoms with Gasteiger partial charge in [-0.3, -0.25) is 9.79 Å². The Morgan fingerprint density at radius 3 is 2.71 bits per heavy atom. The fourth-order valence-electron chi connectivity index (χ4n) is 2.58. The maximum absolute atomic E-state index is 12.4. The lowest BCUT2D eigenvalue weighted by Gasteiger charge is -2.35. The molecule has 1 atom stereocenters. The summed E-state index contributed by atoms with van der Waals surface area (Å²) in [5.74, 6) is 1.33. The van der Waals surface area contributed by atoms with Crippen molar-refractivity contribution in [3.8, 4) is 0 Å². The first kappa shape index (κ1) is 14.5. The van der Waals surface area contributed by atoms with E-state index < -0.39 is 0 Å². The van der Waals surface area contributed by atoms with Crippen molar-refractivity contribution in [2.45, 2.75) is 25.5 Å². The molecule has 3 heterocycles. The molecule has 0 spiro atoms. The van der Waals surface area contributed by atoms with Gasteiger partial charge in [0.2, 0.25) is 0 Å². The van der Waals surface area contributed by atoms with Crippen molar-refractivity contribution in [1.29, 1.82) is 0 Å². The highest BCUT2D eigenvalue weighted by molar-refractivity contribution is 8.14. The molecule has 1 aromatic heterocycles. The van der Waals surface area contributed by atoms with Crippen molar-refractivity contribution in [2.75, 3.05) is 32.7 Å². The average molecular weight is 307 g/mol. The van der Waals surface area contributed by atoms with E-state index in [1.165, 1.54) is 0 Å². The number of rotatable bonds is 2. The second kappa shape index (κ2) is 6.13. The first-order chi connectivity index (χ1) is 10.2. The van der Waals surface area contributed by atoms with Gasteiger partial charge < -0.3 is 14.2 Å². The molecule has 114 valence electrons. The SMILES string of the molecule is CCc1ccc(C(=O)N2CCN(C3=NC[C@@H](C)S3)CC2)o1. The van der Waals surface area contributed by atoms with E-state index in [-0.39, 0.29) is 5.91 Å². The third-order valence-corrected chi connectivity index (χ3v) is 5.00. The summed E-state index contributed by atoms with van der Waals surface area (Å²) in [5.41, 5.74) is 0. The number of carbonyl (C=O) groups excluding carboxylic acids is 1. The van der Waals surface area contributed by atoms with E-state index in [0.29, 0.717) is 11.0 Å². The lowest BCUT2D eigenvalue weighted by atomic mass is 10.3. The van der Waals surface area contributed by atoms with Gasteiger partial charge in [-0.05, 0) is 12.1 Å². The largest absolute Gasteiger partial charge is 0.456 e. The molecule has 1 saturated heterocycles. The van der Waals surface area contributed by atoms with Crippen LogP contribution in [0.5, 0.6) is 0 Å². The minimum Gasteiger partial charge on any atom is -0.456 e. The van der Waals surface area contributed by atoms with Crippen LogP contribution in [0.1, 0.15) is 30.2 Å². The minimum atomic E-state index is 0.00346. The summed E-state index contributed by atoms with van der Waals surface area (Å²) in [6, 6.07) is 3.67. The van der Waals surface area contributed by atoms with Crippen LogP contribution in [0, 0.1) is 0 Å². The normalized spacial score (nSPS) is 22.6. The van der Waals surface area contributed by atoms with Crippen LogP contribution in [0.3, 0.4) is 0 Å². The Morgan fingerprint density at radius 2 is 2.14 bits per heavy atom. The Kier molecular flexibility index (Phi) is 4.24. The molecule has 0 saturated carbocycles. The smallest absolute Gasteiger partial charge is 0.289 e. The molecule has 1 amide bonds. The molecular formula is C15H21N3O2S. The van der Waals surface area contributed by atoms with Crippen molar-refractivity contribution in [1.82, 2.24) is 9.80 Å².